The van der Waals surface area contributed by atoms with Crippen LogP contribution >= 0.6 is 0 Å². The molecule has 1 aromatic rings. The van der Waals surface area contributed by atoms with Crippen LogP contribution in [0.5, 0.6) is 0 Å². The maximum absolute atomic E-state index is 12.5. The van der Waals surface area contributed by atoms with E-state index in [-0.39, 0.29) is 23.7 Å². The number of aliphatic hydroxyl groups is 2. The Morgan fingerprint density at radius 1 is 1.16 bits per heavy atom. The molecule has 6 nitrogen and oxygen atoms in total. The Hall–Kier alpha value is -1.15. The number of aliphatic hydroxyl groups excluding tert-OH is 2. The molecule has 1 heterocycles. The fraction of sp³-hybridized carbons (Fsp3) is 0.500. The smallest absolute Gasteiger partial charge is 0.245 e. The van der Waals surface area contributed by atoms with Gasteiger partial charge in [0.05, 0.1) is 17.9 Å². The Kier molecular flexibility index (Phi) is 3.57. The number of hydrogen-bond acceptors (Lipinski definition) is 5. The Morgan fingerprint density at radius 2 is 1.63 bits per heavy atom. The predicted octanol–water partition coefficient (Wildman–Crippen LogP) is -0.388. The van der Waals surface area contributed by atoms with Crippen LogP contribution in [-0.4, -0.2) is 48.2 Å². The summed E-state index contributed by atoms with van der Waals surface area (Å²) in [5.41, 5.74) is 7.33. The van der Waals surface area contributed by atoms with Gasteiger partial charge in [-0.1, -0.05) is 12.1 Å². The van der Waals surface area contributed by atoms with Crippen LogP contribution in [0.1, 0.15) is 11.1 Å². The summed E-state index contributed by atoms with van der Waals surface area (Å²) >= 11 is 0. The van der Waals surface area contributed by atoms with Gasteiger partial charge in [-0.3, -0.25) is 0 Å². The molecule has 1 aromatic carbocycles. The van der Waals surface area contributed by atoms with Gasteiger partial charge in [0.1, 0.15) is 4.90 Å². The van der Waals surface area contributed by atoms with Crippen LogP contribution in [-0.2, 0) is 10.0 Å². The highest BCUT2D eigenvalue weighted by Crippen LogP contribution is 2.30. The van der Waals surface area contributed by atoms with Crippen LogP contribution < -0.4 is 5.73 Å². The highest BCUT2D eigenvalue weighted by Gasteiger charge is 2.39. The first kappa shape index (κ1) is 14.3. The lowest BCUT2D eigenvalue weighted by Gasteiger charge is -2.19. The second-order valence-electron chi connectivity index (χ2n) is 4.90. The first-order valence-corrected chi connectivity index (χ1v) is 7.41. The average Bonchev–Trinajstić information content (AvgIpc) is 2.65. The van der Waals surface area contributed by atoms with Crippen molar-refractivity contribution in [2.75, 3.05) is 18.8 Å². The third-order valence-corrected chi connectivity index (χ3v) is 5.47. The highest BCUT2D eigenvalue weighted by atomic mass is 32.2. The number of nitrogen functional groups attached to an aromatic ring is 1. The van der Waals surface area contributed by atoms with E-state index >= 15 is 0 Å². The number of benzene rings is 1. The Labute approximate surface area is 112 Å². The van der Waals surface area contributed by atoms with E-state index in [1.54, 1.807) is 26.0 Å². The van der Waals surface area contributed by atoms with E-state index in [1.807, 2.05) is 0 Å². The molecule has 1 aliphatic rings. The van der Waals surface area contributed by atoms with Crippen molar-refractivity contribution in [2.24, 2.45) is 0 Å². The summed E-state index contributed by atoms with van der Waals surface area (Å²) in [6, 6.07) is 3.46. The summed E-state index contributed by atoms with van der Waals surface area (Å²) in [4.78, 5) is 0.0637. The zero-order chi connectivity index (χ0) is 14.4. The highest BCUT2D eigenvalue weighted by molar-refractivity contribution is 7.89. The summed E-state index contributed by atoms with van der Waals surface area (Å²) in [6.45, 7) is 3.18. The summed E-state index contributed by atoms with van der Waals surface area (Å²) in [7, 11) is -3.80. The van der Waals surface area contributed by atoms with Crippen molar-refractivity contribution >= 4 is 15.7 Å². The largest absolute Gasteiger partial charge is 0.397 e. The molecule has 0 radical (unpaired) electrons. The molecule has 19 heavy (non-hydrogen) atoms. The van der Waals surface area contributed by atoms with E-state index in [1.165, 1.54) is 0 Å². The first-order valence-electron chi connectivity index (χ1n) is 5.97. The topological polar surface area (TPSA) is 104 Å². The zero-order valence-corrected chi connectivity index (χ0v) is 11.7. The van der Waals surface area contributed by atoms with Crippen molar-refractivity contribution in [3.8, 4) is 0 Å². The van der Waals surface area contributed by atoms with Crippen molar-refractivity contribution < 1.29 is 18.6 Å². The van der Waals surface area contributed by atoms with Gasteiger partial charge in [0.25, 0.3) is 0 Å². The molecule has 0 amide bonds. The van der Waals surface area contributed by atoms with Gasteiger partial charge in [0.15, 0.2) is 0 Å². The summed E-state index contributed by atoms with van der Waals surface area (Å²) in [5.74, 6) is 0. The van der Waals surface area contributed by atoms with E-state index < -0.39 is 22.2 Å². The second kappa shape index (κ2) is 4.75. The van der Waals surface area contributed by atoms with Gasteiger partial charge in [0, 0.05) is 13.1 Å². The normalized spacial score (nSPS) is 24.8. The van der Waals surface area contributed by atoms with E-state index in [9.17, 15) is 18.6 Å². The standard InChI is InChI=1S/C12H18N2O4S/c1-7-3-4-8(2)12(11(7)13)19(17,18)14-5-9(15)10(16)6-14/h3-4,9-10,15-16H,5-6,13H2,1-2H3/t9-,10+. The first-order chi connectivity index (χ1) is 8.75. The Balaban J connectivity index is 2.50. The van der Waals surface area contributed by atoms with Crippen LogP contribution in [0.25, 0.3) is 0 Å². The number of β-amino-alcohol motifs (C(OH)–C–C–N with tert-alkyl or cyclic N) is 2. The second-order valence-corrected chi connectivity index (χ2v) is 6.77. The zero-order valence-electron chi connectivity index (χ0n) is 10.9. The minimum atomic E-state index is -3.80. The molecule has 1 saturated heterocycles. The van der Waals surface area contributed by atoms with Crippen LogP contribution in [0.4, 0.5) is 5.69 Å². The SMILES string of the molecule is Cc1ccc(C)c(S(=O)(=O)N2C[C@@H](O)[C@@H](O)C2)c1N. The Morgan fingerprint density at radius 3 is 2.16 bits per heavy atom. The summed E-state index contributed by atoms with van der Waals surface area (Å²) < 4.78 is 26.2. The fourth-order valence-corrected chi connectivity index (χ4v) is 4.08. The molecule has 1 fully saturated rings. The Bertz CT molecular complexity index is 590. The fourth-order valence-electron chi connectivity index (χ4n) is 2.21. The van der Waals surface area contributed by atoms with Crippen molar-refractivity contribution in [1.29, 1.82) is 0 Å². The molecule has 0 spiro atoms. The number of rotatable bonds is 2. The molecule has 0 unspecified atom stereocenters. The number of sulfonamides is 1. The van der Waals surface area contributed by atoms with Gasteiger partial charge in [-0.05, 0) is 25.0 Å². The molecule has 0 aromatic heterocycles. The maximum Gasteiger partial charge on any atom is 0.245 e. The molecule has 106 valence electrons. The molecular weight excluding hydrogens is 268 g/mol. The van der Waals surface area contributed by atoms with E-state index in [0.29, 0.717) is 11.1 Å². The molecule has 7 heteroatoms. The third-order valence-electron chi connectivity index (χ3n) is 3.43. The molecule has 1 aliphatic heterocycles. The number of nitrogens with zero attached hydrogens (tertiary/aromatic N) is 1. The minimum Gasteiger partial charge on any atom is -0.397 e. The van der Waals surface area contributed by atoms with Crippen molar-refractivity contribution in [3.05, 3.63) is 23.3 Å². The van der Waals surface area contributed by atoms with Crippen LogP contribution in [0.2, 0.25) is 0 Å². The predicted molar refractivity (Wildman–Crippen MR) is 71.1 cm³/mol. The lowest BCUT2D eigenvalue weighted by molar-refractivity contribution is 0.0572. The van der Waals surface area contributed by atoms with E-state index in [2.05, 4.69) is 0 Å². The monoisotopic (exact) mass is 286 g/mol. The van der Waals surface area contributed by atoms with Crippen molar-refractivity contribution in [2.45, 2.75) is 31.0 Å². The summed E-state index contributed by atoms with van der Waals surface area (Å²) in [5, 5.41) is 19.0. The van der Waals surface area contributed by atoms with Gasteiger partial charge < -0.3 is 15.9 Å². The number of hydrogen-bond donors (Lipinski definition) is 3. The van der Waals surface area contributed by atoms with Gasteiger partial charge in [0.2, 0.25) is 10.0 Å². The minimum absolute atomic E-state index is 0.0637. The summed E-state index contributed by atoms with van der Waals surface area (Å²) in [6.07, 6.45) is -2.11. The average molecular weight is 286 g/mol. The van der Waals surface area contributed by atoms with Crippen LogP contribution in [0, 0.1) is 13.8 Å². The molecule has 2 atom stereocenters. The van der Waals surface area contributed by atoms with Gasteiger partial charge in [-0.15, -0.1) is 0 Å². The van der Waals surface area contributed by atoms with Gasteiger partial charge in [-0.25, -0.2) is 8.42 Å². The molecule has 2 rings (SSSR count). The number of nitrogens with two attached hydrogens (primary N) is 1. The third kappa shape index (κ3) is 2.34. The number of aryl methyl sites for hydroxylation is 2. The van der Waals surface area contributed by atoms with Crippen molar-refractivity contribution in [1.82, 2.24) is 4.31 Å². The van der Waals surface area contributed by atoms with Crippen LogP contribution in [0.3, 0.4) is 0 Å². The maximum atomic E-state index is 12.5. The van der Waals surface area contributed by atoms with Crippen molar-refractivity contribution in [3.63, 3.8) is 0 Å². The van der Waals surface area contributed by atoms with E-state index in [0.717, 1.165) is 4.31 Å². The quantitative estimate of drug-likeness (QED) is 0.642. The molecule has 0 bridgehead atoms. The molecule has 0 aliphatic carbocycles. The van der Waals surface area contributed by atoms with Crippen LogP contribution in [0.15, 0.2) is 17.0 Å². The molecule has 0 saturated carbocycles. The molecule has 4 N–H and O–H groups in total. The van der Waals surface area contributed by atoms with E-state index in [4.69, 9.17) is 5.73 Å². The number of anilines is 1. The van der Waals surface area contributed by atoms with Gasteiger partial charge in [-0.2, -0.15) is 4.31 Å². The van der Waals surface area contributed by atoms with Gasteiger partial charge >= 0.3 is 0 Å². The molecular formula is C12H18N2O4S. The lowest BCUT2D eigenvalue weighted by Crippen LogP contribution is -2.31. The lowest BCUT2D eigenvalue weighted by atomic mass is 10.1.